The Balaban J connectivity index is 3.34. The third kappa shape index (κ3) is 3.28. The van der Waals surface area contributed by atoms with Crippen LogP contribution < -0.4 is 4.74 Å². The Morgan fingerprint density at radius 2 is 2.00 bits per heavy atom. The highest BCUT2D eigenvalue weighted by Gasteiger charge is 2.33. The molecule has 0 atom stereocenters. The fourth-order valence-electron chi connectivity index (χ4n) is 1.21. The van der Waals surface area contributed by atoms with Crippen LogP contribution in [0, 0.1) is 6.92 Å². The Labute approximate surface area is 97.0 Å². The first kappa shape index (κ1) is 14.1. The van der Waals surface area contributed by atoms with E-state index in [2.05, 4.69) is 9.72 Å². The van der Waals surface area contributed by atoms with E-state index in [0.29, 0.717) is 6.07 Å². The van der Waals surface area contributed by atoms with E-state index in [-0.39, 0.29) is 0 Å². The summed E-state index contributed by atoms with van der Waals surface area (Å²) >= 11 is 0. The predicted molar refractivity (Wildman–Crippen MR) is 47.6 cm³/mol. The molecule has 18 heavy (non-hydrogen) atoms. The second-order valence-electron chi connectivity index (χ2n) is 3.17. The lowest BCUT2D eigenvalue weighted by atomic mass is 10.1. The summed E-state index contributed by atoms with van der Waals surface area (Å²) in [5.74, 6) is -2.88. The van der Waals surface area contributed by atoms with Crippen molar-refractivity contribution in [2.24, 2.45) is 0 Å². The zero-order chi connectivity index (χ0) is 14.1. The maximum atomic E-state index is 12.5. The van der Waals surface area contributed by atoms with E-state index in [1.807, 2.05) is 0 Å². The number of carboxylic acids is 1. The number of aromatic nitrogens is 1. The van der Waals surface area contributed by atoms with Gasteiger partial charge in [-0.1, -0.05) is 0 Å². The van der Waals surface area contributed by atoms with E-state index in [4.69, 9.17) is 5.11 Å². The molecule has 0 saturated heterocycles. The van der Waals surface area contributed by atoms with Gasteiger partial charge in [-0.05, 0) is 12.5 Å². The van der Waals surface area contributed by atoms with Crippen molar-refractivity contribution < 1.29 is 36.6 Å². The zero-order valence-electron chi connectivity index (χ0n) is 8.76. The Hall–Kier alpha value is -1.93. The van der Waals surface area contributed by atoms with Crippen LogP contribution in [0.4, 0.5) is 22.0 Å². The van der Waals surface area contributed by atoms with Crippen LogP contribution >= 0.6 is 0 Å². The average Bonchev–Trinajstić information content (AvgIpc) is 2.17. The van der Waals surface area contributed by atoms with Gasteiger partial charge in [0.2, 0.25) is 5.88 Å². The van der Waals surface area contributed by atoms with Crippen LogP contribution in [0.5, 0.6) is 5.88 Å². The highest BCUT2D eigenvalue weighted by molar-refractivity contribution is 5.89. The van der Waals surface area contributed by atoms with Crippen LogP contribution in [0.1, 0.15) is 28.0 Å². The number of hydrogen-bond acceptors (Lipinski definition) is 3. The van der Waals surface area contributed by atoms with Crippen molar-refractivity contribution in [2.75, 3.05) is 0 Å². The molecule has 0 fully saturated rings. The molecule has 1 aromatic heterocycles. The predicted octanol–water partition coefficient (Wildman–Crippen LogP) is 2.92. The maximum Gasteiger partial charge on any atom is 0.574 e. The molecule has 0 aliphatic rings. The average molecular weight is 271 g/mol. The minimum Gasteiger partial charge on any atom is -0.478 e. The molecule has 1 N–H and O–H groups in total. The van der Waals surface area contributed by atoms with Gasteiger partial charge in [0.25, 0.3) is 6.43 Å². The van der Waals surface area contributed by atoms with Crippen LogP contribution in [0.2, 0.25) is 0 Å². The second-order valence-corrected chi connectivity index (χ2v) is 3.17. The molecule has 1 aromatic rings. The van der Waals surface area contributed by atoms with E-state index >= 15 is 0 Å². The van der Waals surface area contributed by atoms with E-state index in [1.54, 1.807) is 0 Å². The fraction of sp³-hybridized carbons (Fsp3) is 0.333. The van der Waals surface area contributed by atoms with Crippen LogP contribution in [-0.4, -0.2) is 22.4 Å². The quantitative estimate of drug-likeness (QED) is 0.859. The molecule has 0 aliphatic carbocycles. The monoisotopic (exact) mass is 271 g/mol. The first-order valence-corrected chi connectivity index (χ1v) is 4.40. The normalized spacial score (nSPS) is 11.7. The van der Waals surface area contributed by atoms with Gasteiger partial charge in [0.05, 0.1) is 5.56 Å². The van der Waals surface area contributed by atoms with Crippen molar-refractivity contribution in [2.45, 2.75) is 19.7 Å². The van der Waals surface area contributed by atoms with Gasteiger partial charge in [0.1, 0.15) is 5.69 Å². The van der Waals surface area contributed by atoms with Gasteiger partial charge in [-0.25, -0.2) is 18.6 Å². The third-order valence-corrected chi connectivity index (χ3v) is 1.94. The number of carbonyl (C=O) groups is 1. The molecule has 1 heterocycles. The summed E-state index contributed by atoms with van der Waals surface area (Å²) < 4.78 is 64.0. The van der Waals surface area contributed by atoms with Gasteiger partial charge in [-0.2, -0.15) is 0 Å². The standard InChI is InChI=1S/C9H6F5NO3/c1-3-4(8(16)17)2-5(18-9(12,13)14)15-6(3)7(10)11/h2,7H,1H3,(H,16,17). The van der Waals surface area contributed by atoms with Crippen molar-refractivity contribution in [1.29, 1.82) is 0 Å². The Morgan fingerprint density at radius 3 is 2.39 bits per heavy atom. The number of carboxylic acid groups (broad SMARTS) is 1. The minimum atomic E-state index is -5.14. The first-order valence-electron chi connectivity index (χ1n) is 4.40. The molecule has 0 saturated carbocycles. The number of halogens is 5. The van der Waals surface area contributed by atoms with Crippen molar-refractivity contribution in [3.63, 3.8) is 0 Å². The van der Waals surface area contributed by atoms with Gasteiger partial charge in [0, 0.05) is 6.07 Å². The Kier molecular flexibility index (Phi) is 3.73. The highest BCUT2D eigenvalue weighted by Crippen LogP contribution is 2.29. The van der Waals surface area contributed by atoms with Gasteiger partial charge >= 0.3 is 12.3 Å². The summed E-state index contributed by atoms with van der Waals surface area (Å²) in [5, 5.41) is 8.69. The van der Waals surface area contributed by atoms with Crippen molar-refractivity contribution in [3.8, 4) is 5.88 Å². The molecule has 0 aromatic carbocycles. The fourth-order valence-corrected chi connectivity index (χ4v) is 1.21. The summed E-state index contributed by atoms with van der Waals surface area (Å²) in [7, 11) is 0. The lowest BCUT2D eigenvalue weighted by molar-refractivity contribution is -0.276. The second kappa shape index (κ2) is 4.75. The maximum absolute atomic E-state index is 12.5. The number of rotatable bonds is 3. The third-order valence-electron chi connectivity index (χ3n) is 1.94. The largest absolute Gasteiger partial charge is 0.574 e. The number of hydrogen-bond donors (Lipinski definition) is 1. The topological polar surface area (TPSA) is 59.4 Å². The molecule has 1 rings (SSSR count). The van der Waals surface area contributed by atoms with Crippen LogP contribution in [0.3, 0.4) is 0 Å². The van der Waals surface area contributed by atoms with Crippen molar-refractivity contribution in [3.05, 3.63) is 22.9 Å². The molecule has 0 aliphatic heterocycles. The number of nitrogens with zero attached hydrogens (tertiary/aromatic N) is 1. The van der Waals surface area contributed by atoms with Crippen LogP contribution in [0.25, 0.3) is 0 Å². The van der Waals surface area contributed by atoms with Gasteiger partial charge in [-0.15, -0.1) is 13.2 Å². The Morgan fingerprint density at radius 1 is 1.44 bits per heavy atom. The highest BCUT2D eigenvalue weighted by atomic mass is 19.4. The molecule has 9 heteroatoms. The molecular formula is C9H6F5NO3. The molecule has 0 unspecified atom stereocenters. The summed E-state index contributed by atoms with van der Waals surface area (Å²) in [6.45, 7) is 1.02. The number of aromatic carboxylic acids is 1. The van der Waals surface area contributed by atoms with Crippen molar-refractivity contribution in [1.82, 2.24) is 4.98 Å². The number of alkyl halides is 5. The van der Waals surface area contributed by atoms with Gasteiger partial charge < -0.3 is 9.84 Å². The van der Waals surface area contributed by atoms with Crippen molar-refractivity contribution >= 4 is 5.97 Å². The molecule has 0 spiro atoms. The van der Waals surface area contributed by atoms with E-state index in [1.165, 1.54) is 0 Å². The van der Waals surface area contributed by atoms with E-state index < -0.39 is 41.5 Å². The summed E-state index contributed by atoms with van der Waals surface area (Å²) in [6.07, 6.45) is -8.35. The number of pyridine rings is 1. The summed E-state index contributed by atoms with van der Waals surface area (Å²) in [5.41, 5.74) is -2.19. The smallest absolute Gasteiger partial charge is 0.478 e. The summed E-state index contributed by atoms with van der Waals surface area (Å²) in [4.78, 5) is 13.6. The van der Waals surface area contributed by atoms with E-state index in [0.717, 1.165) is 6.92 Å². The molecule has 0 amide bonds. The number of ether oxygens (including phenoxy) is 1. The van der Waals surface area contributed by atoms with Crippen LogP contribution in [0.15, 0.2) is 6.07 Å². The lowest BCUT2D eigenvalue weighted by Gasteiger charge is -2.12. The summed E-state index contributed by atoms with van der Waals surface area (Å²) in [6, 6.07) is 0.442. The zero-order valence-corrected chi connectivity index (χ0v) is 8.76. The van der Waals surface area contributed by atoms with E-state index in [9.17, 15) is 26.7 Å². The first-order chi connectivity index (χ1) is 8.11. The molecule has 0 radical (unpaired) electrons. The van der Waals surface area contributed by atoms with Gasteiger partial charge in [-0.3, -0.25) is 0 Å². The van der Waals surface area contributed by atoms with Crippen LogP contribution in [-0.2, 0) is 0 Å². The Bertz CT molecular complexity index is 472. The molecule has 100 valence electrons. The molecule has 4 nitrogen and oxygen atoms in total. The molecule has 0 bridgehead atoms. The molecular weight excluding hydrogens is 265 g/mol. The SMILES string of the molecule is Cc1c(C(=O)O)cc(OC(F)(F)F)nc1C(F)F. The minimum absolute atomic E-state index is 0.410. The lowest BCUT2D eigenvalue weighted by Crippen LogP contribution is -2.19. The van der Waals surface area contributed by atoms with Gasteiger partial charge in [0.15, 0.2) is 0 Å².